The standard InChI is InChI=1S/C38H40F4N4O4.C34H33F4N3O2.ClH/c1-37(2,3)50-36(48)46(21-9-12-33(47)45-19-7-8-20-45)22-23-49-29-16-13-27(14-17-29)34(28-15-18-32-30(24-28)35(39)44-43-32)31(25-38(40,41)42)26-10-5-4-6-11-26;35-33-28-22-26(15-18-30(28)39-40-33)32(29(23-34(36,37)38)24-10-4-3-5-11-24)25-13-16-27(17-14-25)43-21-9-2-1-6-12-31(42)41-19-7-8-20-41;/h4-6,9-18,24H,7-8,19-23,25H2,1-3H3,(H,43,44);3-6,10-18,22H,1-2,7-9,19-21,23H2,(H,39,40);1H/b12-9+,34-31+;12-6+,32-29+;. The first-order valence-corrected chi connectivity index (χ1v) is 30.9. The highest BCUT2D eigenvalue weighted by atomic mass is 35.5. The molecule has 0 saturated carbocycles. The number of ether oxygens (including phenoxy) is 3. The number of carbonyl (C=O) groups is 3. The molecule has 0 bridgehead atoms. The van der Waals surface area contributed by atoms with Crippen LogP contribution in [0.4, 0.5) is 39.9 Å². The number of fused-ring (bicyclic) bond motifs is 2. The Morgan fingerprint density at radius 3 is 1.37 bits per heavy atom. The quantitative estimate of drug-likeness (QED) is 0.0295. The average Bonchev–Trinajstić information content (AvgIpc) is 1.25. The third-order valence-electron chi connectivity index (χ3n) is 15.5. The van der Waals surface area contributed by atoms with Gasteiger partial charge in [0.2, 0.25) is 23.7 Å². The molecule has 2 aliphatic heterocycles. The average molecular weight is 1320 g/mol. The zero-order valence-corrected chi connectivity index (χ0v) is 53.1. The number of carbonyl (C=O) groups excluding carboxylic acids is 3. The molecular weight excluding hydrogens is 1250 g/mol. The Morgan fingerprint density at radius 1 is 0.532 bits per heavy atom. The molecule has 94 heavy (non-hydrogen) atoms. The zero-order chi connectivity index (χ0) is 66.1. The summed E-state index contributed by atoms with van der Waals surface area (Å²) in [6.07, 6.45) is 1.23. The van der Waals surface area contributed by atoms with Gasteiger partial charge in [0.1, 0.15) is 23.7 Å². The van der Waals surface area contributed by atoms with Gasteiger partial charge >= 0.3 is 18.4 Å². The van der Waals surface area contributed by atoms with E-state index in [4.69, 9.17) is 14.2 Å². The molecule has 13 nitrogen and oxygen atoms in total. The molecule has 8 aromatic rings. The van der Waals surface area contributed by atoms with E-state index >= 15 is 0 Å². The van der Waals surface area contributed by atoms with Gasteiger partial charge in [-0.2, -0.15) is 45.3 Å². The van der Waals surface area contributed by atoms with Gasteiger partial charge in [0, 0.05) is 38.8 Å². The van der Waals surface area contributed by atoms with E-state index in [1.807, 2.05) is 11.0 Å². The second-order valence-electron chi connectivity index (χ2n) is 23.6. The van der Waals surface area contributed by atoms with Crippen molar-refractivity contribution in [1.82, 2.24) is 35.1 Å². The van der Waals surface area contributed by atoms with Gasteiger partial charge < -0.3 is 28.9 Å². The van der Waals surface area contributed by atoms with Gasteiger partial charge in [0.25, 0.3) is 0 Å². The molecule has 2 aromatic heterocycles. The summed E-state index contributed by atoms with van der Waals surface area (Å²) in [6, 6.07) is 39.7. The number of halogens is 9. The maximum Gasteiger partial charge on any atom is 0.410 e. The lowest BCUT2D eigenvalue weighted by atomic mass is 9.87. The van der Waals surface area contributed by atoms with Crippen LogP contribution in [0.15, 0.2) is 170 Å². The minimum atomic E-state index is -4.53. The van der Waals surface area contributed by atoms with Crippen molar-refractivity contribution < 1.29 is 63.7 Å². The van der Waals surface area contributed by atoms with Crippen molar-refractivity contribution in [1.29, 1.82) is 0 Å². The predicted molar refractivity (Wildman–Crippen MR) is 351 cm³/mol. The van der Waals surface area contributed by atoms with E-state index in [0.29, 0.717) is 68.1 Å². The van der Waals surface area contributed by atoms with Crippen molar-refractivity contribution in [2.24, 2.45) is 0 Å². The summed E-state index contributed by atoms with van der Waals surface area (Å²) in [5, 5.41) is 12.7. The van der Waals surface area contributed by atoms with Crippen LogP contribution < -0.4 is 9.47 Å². The van der Waals surface area contributed by atoms with Crippen LogP contribution in [0, 0.1) is 11.9 Å². The van der Waals surface area contributed by atoms with Crippen LogP contribution in [0.5, 0.6) is 11.5 Å². The molecule has 496 valence electrons. The van der Waals surface area contributed by atoms with Crippen molar-refractivity contribution >= 4 is 74.4 Å². The first kappa shape index (κ1) is 70.6. The van der Waals surface area contributed by atoms with Crippen molar-refractivity contribution in [3.05, 3.63) is 215 Å². The summed E-state index contributed by atoms with van der Waals surface area (Å²) in [5.41, 5.74) is 3.41. The summed E-state index contributed by atoms with van der Waals surface area (Å²) in [5.74, 6) is -0.344. The number of aromatic nitrogens is 4. The van der Waals surface area contributed by atoms with Crippen LogP contribution in [-0.2, 0) is 14.3 Å². The molecule has 0 aliphatic carbocycles. The van der Waals surface area contributed by atoms with Crippen LogP contribution in [0.3, 0.4) is 0 Å². The van der Waals surface area contributed by atoms with E-state index in [-0.39, 0.29) is 71.4 Å². The van der Waals surface area contributed by atoms with Crippen molar-refractivity contribution in [3.8, 4) is 11.5 Å². The van der Waals surface area contributed by atoms with Gasteiger partial charge in [0.05, 0.1) is 47.8 Å². The minimum Gasteiger partial charge on any atom is -0.494 e. The summed E-state index contributed by atoms with van der Waals surface area (Å²) >= 11 is 0. The number of hydrogen-bond donors (Lipinski definition) is 2. The predicted octanol–water partition coefficient (Wildman–Crippen LogP) is 17.2. The molecule has 2 fully saturated rings. The smallest absolute Gasteiger partial charge is 0.410 e. The number of likely N-dealkylation sites (tertiary alicyclic amines) is 2. The Balaban J connectivity index is 0.000000241. The molecule has 6 aromatic carbocycles. The highest BCUT2D eigenvalue weighted by Crippen LogP contribution is 2.42. The fourth-order valence-electron chi connectivity index (χ4n) is 11.0. The maximum atomic E-state index is 14.5. The van der Waals surface area contributed by atoms with Crippen LogP contribution >= 0.6 is 12.4 Å². The van der Waals surface area contributed by atoms with Crippen molar-refractivity contribution in [3.63, 3.8) is 0 Å². The van der Waals surface area contributed by atoms with Gasteiger partial charge in [-0.25, -0.2) is 4.79 Å². The van der Waals surface area contributed by atoms with Crippen LogP contribution in [-0.4, -0.2) is 123 Å². The zero-order valence-electron chi connectivity index (χ0n) is 52.3. The molecule has 4 heterocycles. The van der Waals surface area contributed by atoms with Gasteiger partial charge in [-0.1, -0.05) is 109 Å². The van der Waals surface area contributed by atoms with Gasteiger partial charge in [0.15, 0.2) is 0 Å². The summed E-state index contributed by atoms with van der Waals surface area (Å²) in [4.78, 5) is 42.5. The molecule has 2 saturated heterocycles. The van der Waals surface area contributed by atoms with Gasteiger partial charge in [-0.15, -0.1) is 12.4 Å². The number of rotatable bonds is 22. The van der Waals surface area contributed by atoms with Crippen molar-refractivity contribution in [2.45, 2.75) is 96.5 Å². The van der Waals surface area contributed by atoms with Crippen molar-refractivity contribution in [2.75, 3.05) is 52.5 Å². The first-order chi connectivity index (χ1) is 44.6. The Kier molecular flexibility index (Phi) is 24.5. The van der Waals surface area contributed by atoms with Gasteiger partial charge in [-0.3, -0.25) is 19.8 Å². The van der Waals surface area contributed by atoms with E-state index < -0.39 is 48.8 Å². The van der Waals surface area contributed by atoms with E-state index in [2.05, 4.69) is 20.4 Å². The number of hydrogen-bond acceptors (Lipinski definition) is 8. The van der Waals surface area contributed by atoms with Crippen LogP contribution in [0.2, 0.25) is 0 Å². The molecule has 3 amide bonds. The van der Waals surface area contributed by atoms with Gasteiger partial charge in [-0.05, 0) is 176 Å². The number of amides is 3. The molecule has 0 radical (unpaired) electrons. The SMILES string of the molecule is CC(C)(C)OC(=O)N(C/C=C/C(=O)N1CCCC1)CCOc1ccc(/C(=C(/CC(F)(F)F)c2ccccc2)c2ccc3n[nH]c(F)c3c2)cc1.Cl.O=C(/C=C/CCCCOc1ccc(/C(=C(/CC(F)(F)F)c2ccccc2)c2ccc3n[nH]c(F)c3c2)cc1)N1CCCC1. The Morgan fingerprint density at radius 2 is 0.947 bits per heavy atom. The fourth-order valence-corrected chi connectivity index (χ4v) is 11.0. The van der Waals surface area contributed by atoms with E-state index in [0.717, 1.165) is 71.1 Å². The molecular formula is C72H74ClF8N7O6. The number of allylic oxidation sites excluding steroid dienone is 3. The lowest BCUT2D eigenvalue weighted by Crippen LogP contribution is -2.39. The first-order valence-electron chi connectivity index (χ1n) is 30.9. The summed E-state index contributed by atoms with van der Waals surface area (Å²) in [6.45, 7) is 9.22. The lowest BCUT2D eigenvalue weighted by molar-refractivity contribution is -0.125. The third-order valence-corrected chi connectivity index (χ3v) is 15.5. The van der Waals surface area contributed by atoms with Crippen LogP contribution in [0.25, 0.3) is 44.1 Å². The summed E-state index contributed by atoms with van der Waals surface area (Å²) < 4.78 is 130. The second-order valence-corrected chi connectivity index (χ2v) is 23.6. The fraction of sp³-hybridized carbons (Fsp3) is 0.319. The number of unbranched alkanes of at least 4 members (excludes halogenated alkanes) is 2. The summed E-state index contributed by atoms with van der Waals surface area (Å²) in [7, 11) is 0. The number of H-pyrrole nitrogens is 2. The Bertz CT molecular complexity index is 3940. The number of alkyl halides is 6. The molecule has 10 rings (SSSR count). The van der Waals surface area contributed by atoms with E-state index in [1.165, 1.54) is 23.1 Å². The Hall–Kier alpha value is -9.24. The molecule has 22 heteroatoms. The highest BCUT2D eigenvalue weighted by Gasteiger charge is 2.34. The normalized spacial score (nSPS) is 14.2. The second kappa shape index (κ2) is 32.5. The van der Waals surface area contributed by atoms with Crippen LogP contribution in [0.1, 0.15) is 112 Å². The number of benzene rings is 6. The molecule has 2 aliphatic rings. The Labute approximate surface area is 546 Å². The number of aromatic amines is 2. The minimum absolute atomic E-state index is 0. The van der Waals surface area contributed by atoms with E-state index in [9.17, 15) is 49.5 Å². The number of nitrogens with zero attached hydrogens (tertiary/aromatic N) is 5. The molecule has 2 N–H and O–H groups in total. The number of nitrogens with one attached hydrogen (secondary N) is 2. The molecule has 0 unspecified atom stereocenters. The lowest BCUT2D eigenvalue weighted by Gasteiger charge is -2.26. The molecule has 0 atom stereocenters. The highest BCUT2D eigenvalue weighted by molar-refractivity contribution is 6.02. The third kappa shape index (κ3) is 20.1. The van der Waals surface area contributed by atoms with E-state index in [1.54, 1.807) is 171 Å². The topological polar surface area (TPSA) is 146 Å². The largest absolute Gasteiger partial charge is 0.494 e. The maximum absolute atomic E-state index is 14.5. The molecule has 0 spiro atoms. The monoisotopic (exact) mass is 1320 g/mol.